The highest BCUT2D eigenvalue weighted by molar-refractivity contribution is 5.86. The highest BCUT2D eigenvalue weighted by atomic mass is 16.6. The van der Waals surface area contributed by atoms with Gasteiger partial charge in [-0.15, -0.1) is 0 Å². The van der Waals surface area contributed by atoms with E-state index in [9.17, 15) is 4.79 Å². The third-order valence-electron chi connectivity index (χ3n) is 0.529. The van der Waals surface area contributed by atoms with Crippen molar-refractivity contribution in [3.05, 3.63) is 0 Å². The van der Waals surface area contributed by atoms with Crippen LogP contribution in [0.1, 0.15) is 6.92 Å². The summed E-state index contributed by atoms with van der Waals surface area (Å²) in [6.07, 6.45) is 0. The molecule has 0 aliphatic heterocycles. The third kappa shape index (κ3) is 4.96. The molecule has 0 aliphatic carbocycles. The number of ether oxygens (including phenoxy) is 2. The van der Waals surface area contributed by atoms with E-state index in [0.29, 0.717) is 0 Å². The Balaban J connectivity index is 3.39. The van der Waals surface area contributed by atoms with Crippen LogP contribution in [0.4, 0.5) is 0 Å². The summed E-state index contributed by atoms with van der Waals surface area (Å²) in [6, 6.07) is 0. The monoisotopic (exact) mass is 131 g/mol. The van der Waals surface area contributed by atoms with E-state index in [1.54, 1.807) is 0 Å². The van der Waals surface area contributed by atoms with Gasteiger partial charge < -0.3 is 9.47 Å². The van der Waals surface area contributed by atoms with Gasteiger partial charge >= 0.3 is 5.97 Å². The standard InChI is InChI=1S/C5H9NO3/c1-4(6)9-5(7)3-8-2/h6H,3H2,1-2H3. The second-order valence-corrected chi connectivity index (χ2v) is 1.46. The highest BCUT2D eigenvalue weighted by Gasteiger charge is 2.00. The molecule has 0 amide bonds. The van der Waals surface area contributed by atoms with Crippen molar-refractivity contribution < 1.29 is 14.3 Å². The summed E-state index contributed by atoms with van der Waals surface area (Å²) in [5.41, 5.74) is 0. The first-order chi connectivity index (χ1) is 4.16. The largest absolute Gasteiger partial charge is 0.411 e. The van der Waals surface area contributed by atoms with Gasteiger partial charge in [-0.05, 0) is 0 Å². The molecule has 0 unspecified atom stereocenters. The smallest absolute Gasteiger partial charge is 0.338 e. The summed E-state index contributed by atoms with van der Waals surface area (Å²) in [5.74, 6) is -0.651. The third-order valence-corrected chi connectivity index (χ3v) is 0.529. The van der Waals surface area contributed by atoms with E-state index in [2.05, 4.69) is 9.47 Å². The number of carbonyl (C=O) groups excluding carboxylic acids is 1. The van der Waals surface area contributed by atoms with Gasteiger partial charge in [0.25, 0.3) is 0 Å². The molecule has 0 aromatic rings. The number of nitrogens with one attached hydrogen (secondary N) is 1. The topological polar surface area (TPSA) is 59.4 Å². The lowest BCUT2D eigenvalue weighted by Gasteiger charge is -1.97. The molecule has 0 fully saturated rings. The van der Waals surface area contributed by atoms with Gasteiger partial charge in [0.15, 0.2) is 5.90 Å². The predicted molar refractivity (Wildman–Crippen MR) is 31.4 cm³/mol. The Kier molecular flexibility index (Phi) is 3.62. The maximum atomic E-state index is 10.4. The first-order valence-electron chi connectivity index (χ1n) is 2.41. The minimum atomic E-state index is -0.537. The second-order valence-electron chi connectivity index (χ2n) is 1.46. The van der Waals surface area contributed by atoms with Gasteiger partial charge in [0.2, 0.25) is 0 Å². The highest BCUT2D eigenvalue weighted by Crippen LogP contribution is 1.79. The van der Waals surface area contributed by atoms with Crippen LogP contribution in [0.5, 0.6) is 0 Å². The summed E-state index contributed by atoms with van der Waals surface area (Å²) in [7, 11) is 1.39. The van der Waals surface area contributed by atoms with E-state index >= 15 is 0 Å². The molecule has 9 heavy (non-hydrogen) atoms. The van der Waals surface area contributed by atoms with E-state index in [-0.39, 0.29) is 12.5 Å². The fraction of sp³-hybridized carbons (Fsp3) is 0.600. The molecule has 0 heterocycles. The Morgan fingerprint density at radius 1 is 1.67 bits per heavy atom. The van der Waals surface area contributed by atoms with Gasteiger partial charge in [-0.1, -0.05) is 0 Å². The normalized spacial score (nSPS) is 8.67. The summed E-state index contributed by atoms with van der Waals surface area (Å²) in [6.45, 7) is 1.28. The Morgan fingerprint density at radius 3 is 2.56 bits per heavy atom. The van der Waals surface area contributed by atoms with Crippen molar-refractivity contribution in [2.24, 2.45) is 0 Å². The Bertz CT molecular complexity index is 121. The number of carbonyl (C=O) groups is 1. The number of hydrogen-bond donors (Lipinski definition) is 1. The second kappa shape index (κ2) is 4.03. The lowest BCUT2D eigenvalue weighted by atomic mass is 10.7. The summed E-state index contributed by atoms with van der Waals surface area (Å²) < 4.78 is 8.74. The zero-order valence-electron chi connectivity index (χ0n) is 5.43. The number of hydrogen-bond acceptors (Lipinski definition) is 4. The molecule has 0 spiro atoms. The van der Waals surface area contributed by atoms with Gasteiger partial charge in [0.1, 0.15) is 6.61 Å². The van der Waals surface area contributed by atoms with Crippen molar-refractivity contribution in [2.45, 2.75) is 6.92 Å². The van der Waals surface area contributed by atoms with Crippen LogP contribution < -0.4 is 0 Å². The minimum absolute atomic E-state index is 0.101. The SMILES string of the molecule is COCC(=O)OC(C)=N. The Labute approximate surface area is 53.3 Å². The number of esters is 1. The fourth-order valence-corrected chi connectivity index (χ4v) is 0.318. The Hall–Kier alpha value is -0.900. The first-order valence-corrected chi connectivity index (χ1v) is 2.41. The van der Waals surface area contributed by atoms with Crippen LogP contribution in [0.3, 0.4) is 0 Å². The molecule has 0 bridgehead atoms. The van der Waals surface area contributed by atoms with Crippen molar-refractivity contribution >= 4 is 11.9 Å². The van der Waals surface area contributed by atoms with Crippen LogP contribution in [0.2, 0.25) is 0 Å². The molecular weight excluding hydrogens is 122 g/mol. The molecular formula is C5H9NO3. The van der Waals surface area contributed by atoms with E-state index in [0.717, 1.165) is 0 Å². The van der Waals surface area contributed by atoms with Gasteiger partial charge in [-0.25, -0.2) is 4.79 Å². The van der Waals surface area contributed by atoms with Crippen molar-refractivity contribution in [3.63, 3.8) is 0 Å². The average Bonchev–Trinajstić information content (AvgIpc) is 1.63. The molecule has 0 atom stereocenters. The van der Waals surface area contributed by atoms with E-state index in [1.165, 1.54) is 14.0 Å². The van der Waals surface area contributed by atoms with Gasteiger partial charge in [0.05, 0.1) is 0 Å². The number of rotatable bonds is 2. The lowest BCUT2D eigenvalue weighted by Crippen LogP contribution is -2.13. The molecule has 0 saturated carbocycles. The summed E-state index contributed by atoms with van der Waals surface area (Å²) >= 11 is 0. The summed E-state index contributed by atoms with van der Waals surface area (Å²) in [5, 5.41) is 6.70. The zero-order chi connectivity index (χ0) is 7.28. The first kappa shape index (κ1) is 8.10. The maximum absolute atomic E-state index is 10.4. The Morgan fingerprint density at radius 2 is 2.22 bits per heavy atom. The molecule has 1 N–H and O–H groups in total. The van der Waals surface area contributed by atoms with Gasteiger partial charge in [0, 0.05) is 14.0 Å². The van der Waals surface area contributed by atoms with Crippen LogP contribution in [0, 0.1) is 5.41 Å². The molecule has 0 aromatic carbocycles. The predicted octanol–water partition coefficient (Wildman–Crippen LogP) is 0.173. The van der Waals surface area contributed by atoms with Gasteiger partial charge in [-0.3, -0.25) is 5.41 Å². The molecule has 0 aromatic heterocycles. The fourth-order valence-electron chi connectivity index (χ4n) is 0.318. The molecule has 0 saturated heterocycles. The van der Waals surface area contributed by atoms with Crippen molar-refractivity contribution in [2.75, 3.05) is 13.7 Å². The molecule has 0 rings (SSSR count). The van der Waals surface area contributed by atoms with E-state index in [1.807, 2.05) is 0 Å². The van der Waals surface area contributed by atoms with Crippen molar-refractivity contribution in [3.8, 4) is 0 Å². The van der Waals surface area contributed by atoms with Crippen molar-refractivity contribution in [1.82, 2.24) is 0 Å². The molecule has 4 nitrogen and oxygen atoms in total. The van der Waals surface area contributed by atoms with E-state index < -0.39 is 5.97 Å². The van der Waals surface area contributed by atoms with Crippen LogP contribution in [0.25, 0.3) is 0 Å². The molecule has 4 heteroatoms. The van der Waals surface area contributed by atoms with E-state index in [4.69, 9.17) is 5.41 Å². The molecule has 52 valence electrons. The van der Waals surface area contributed by atoms with Crippen LogP contribution in [0.15, 0.2) is 0 Å². The number of methoxy groups -OCH3 is 1. The zero-order valence-corrected chi connectivity index (χ0v) is 5.43. The summed E-state index contributed by atoms with van der Waals surface area (Å²) in [4.78, 5) is 10.4. The quantitative estimate of drug-likeness (QED) is 0.330. The molecule has 0 radical (unpaired) electrons. The van der Waals surface area contributed by atoms with Crippen molar-refractivity contribution in [1.29, 1.82) is 5.41 Å². The molecule has 0 aliphatic rings. The van der Waals surface area contributed by atoms with Gasteiger partial charge in [-0.2, -0.15) is 0 Å². The van der Waals surface area contributed by atoms with Crippen LogP contribution in [-0.2, 0) is 14.3 Å². The van der Waals surface area contributed by atoms with Crippen LogP contribution in [-0.4, -0.2) is 25.6 Å². The minimum Gasteiger partial charge on any atom is -0.411 e. The lowest BCUT2D eigenvalue weighted by molar-refractivity contribution is -0.139. The maximum Gasteiger partial charge on any atom is 0.338 e. The average molecular weight is 131 g/mol. The van der Waals surface area contributed by atoms with Crippen LogP contribution >= 0.6 is 0 Å².